The van der Waals surface area contributed by atoms with E-state index in [1.165, 1.54) is 50.1 Å². The lowest BCUT2D eigenvalue weighted by atomic mass is 10.0. The van der Waals surface area contributed by atoms with Crippen LogP contribution < -0.4 is 9.80 Å². The van der Waals surface area contributed by atoms with E-state index in [1.807, 2.05) is 0 Å². The second-order valence-corrected chi connectivity index (χ2v) is 14.3. The minimum absolute atomic E-state index is 1.08. The van der Waals surface area contributed by atoms with Gasteiger partial charge in [0.2, 0.25) is 0 Å². The molecule has 0 aliphatic rings. The second-order valence-electron chi connectivity index (χ2n) is 14.3. The van der Waals surface area contributed by atoms with Gasteiger partial charge in [0.1, 0.15) is 0 Å². The van der Waals surface area contributed by atoms with Gasteiger partial charge in [-0.15, -0.1) is 0 Å². The van der Waals surface area contributed by atoms with Gasteiger partial charge in [0.05, 0.1) is 0 Å². The van der Waals surface area contributed by atoms with Crippen LogP contribution in [0.4, 0.5) is 34.1 Å². The normalized spacial score (nSPS) is 11.0. The van der Waals surface area contributed by atoms with Crippen molar-refractivity contribution < 1.29 is 0 Å². The minimum atomic E-state index is 1.08. The lowest BCUT2D eigenvalue weighted by molar-refractivity contribution is 1.23. The van der Waals surface area contributed by atoms with E-state index in [9.17, 15) is 0 Å². The smallest absolute Gasteiger partial charge is 0.0488 e. The zero-order chi connectivity index (χ0) is 37.0. The van der Waals surface area contributed by atoms with Crippen molar-refractivity contribution in [2.24, 2.45) is 0 Å². The van der Waals surface area contributed by atoms with E-state index >= 15 is 0 Å². The van der Waals surface area contributed by atoms with Crippen molar-refractivity contribution in [2.75, 3.05) is 9.80 Å². The van der Waals surface area contributed by atoms with E-state index in [2.05, 4.69) is 232 Å². The number of rotatable bonds is 9. The summed E-state index contributed by atoms with van der Waals surface area (Å²) in [6.45, 7) is 8.72. The Morgan fingerprint density at radius 3 is 0.833 bits per heavy atom. The molecule has 0 saturated heterocycles. The number of hydrogen-bond donors (Lipinski definition) is 0. The molecular formula is C52H44N2. The summed E-state index contributed by atoms with van der Waals surface area (Å²) >= 11 is 0. The molecule has 0 aliphatic heterocycles. The molecular weight excluding hydrogens is 653 g/mol. The predicted molar refractivity (Wildman–Crippen MR) is 231 cm³/mol. The van der Waals surface area contributed by atoms with Crippen LogP contribution in [0.25, 0.3) is 33.4 Å². The average molecular weight is 697 g/mol. The van der Waals surface area contributed by atoms with Crippen molar-refractivity contribution in [1.82, 2.24) is 0 Å². The van der Waals surface area contributed by atoms with Crippen molar-refractivity contribution in [3.8, 4) is 33.4 Å². The monoisotopic (exact) mass is 696 g/mol. The molecule has 0 atom stereocenters. The van der Waals surface area contributed by atoms with E-state index in [1.54, 1.807) is 0 Å². The van der Waals surface area contributed by atoms with Crippen molar-refractivity contribution in [1.29, 1.82) is 0 Å². The van der Waals surface area contributed by atoms with Gasteiger partial charge in [-0.1, -0.05) is 127 Å². The maximum Gasteiger partial charge on any atom is 0.0488 e. The molecule has 8 rings (SSSR count). The van der Waals surface area contributed by atoms with Gasteiger partial charge in [-0.3, -0.25) is 0 Å². The summed E-state index contributed by atoms with van der Waals surface area (Å²) in [6, 6.07) is 70.5. The van der Waals surface area contributed by atoms with E-state index in [-0.39, 0.29) is 0 Å². The predicted octanol–water partition coefficient (Wildman–Crippen LogP) is 14.9. The summed E-state index contributed by atoms with van der Waals surface area (Å²) in [5.41, 5.74) is 18.6. The first-order chi connectivity index (χ1) is 26.4. The van der Waals surface area contributed by atoms with E-state index in [4.69, 9.17) is 0 Å². The Morgan fingerprint density at radius 1 is 0.222 bits per heavy atom. The third-order valence-electron chi connectivity index (χ3n) is 9.92. The van der Waals surface area contributed by atoms with Gasteiger partial charge in [0.25, 0.3) is 0 Å². The average Bonchev–Trinajstić information content (AvgIpc) is 3.19. The fraction of sp³-hybridized carbons (Fsp3) is 0.0769. The molecule has 0 heterocycles. The molecule has 0 unspecified atom stereocenters. The quantitative estimate of drug-likeness (QED) is 0.148. The highest BCUT2D eigenvalue weighted by molar-refractivity contribution is 5.88. The van der Waals surface area contributed by atoms with Crippen molar-refractivity contribution in [3.05, 3.63) is 216 Å². The van der Waals surface area contributed by atoms with Crippen molar-refractivity contribution in [3.63, 3.8) is 0 Å². The summed E-state index contributed by atoms with van der Waals surface area (Å²) in [4.78, 5) is 4.81. The maximum atomic E-state index is 2.41. The Morgan fingerprint density at radius 2 is 0.500 bits per heavy atom. The number of benzene rings is 8. The molecule has 2 nitrogen and oxygen atoms in total. The molecule has 0 aliphatic carbocycles. The first kappa shape index (κ1) is 34.4. The molecule has 54 heavy (non-hydrogen) atoms. The molecule has 262 valence electrons. The van der Waals surface area contributed by atoms with Gasteiger partial charge >= 0.3 is 0 Å². The fourth-order valence-electron chi connectivity index (χ4n) is 7.57. The topological polar surface area (TPSA) is 6.48 Å². The van der Waals surface area contributed by atoms with Gasteiger partial charge in [-0.05, 0) is 150 Å². The zero-order valence-electron chi connectivity index (χ0n) is 31.4. The fourth-order valence-corrected chi connectivity index (χ4v) is 7.57. The maximum absolute atomic E-state index is 2.41. The highest BCUT2D eigenvalue weighted by Crippen LogP contribution is 2.44. The van der Waals surface area contributed by atoms with Crippen LogP contribution >= 0.6 is 0 Å². The summed E-state index contributed by atoms with van der Waals surface area (Å²) in [5.74, 6) is 0. The van der Waals surface area contributed by atoms with Crippen LogP contribution in [0, 0.1) is 27.7 Å². The third-order valence-corrected chi connectivity index (χ3v) is 9.92. The second kappa shape index (κ2) is 15.1. The van der Waals surface area contributed by atoms with Gasteiger partial charge < -0.3 is 9.80 Å². The standard InChI is InChI=1S/C52H44N2/c1-37-28-38(2)31-49(30-37)53(47-24-20-44(21-25-47)41-14-8-5-9-15-41)51-34-46(43-18-12-7-13-19-43)35-52(36-51)54(50-32-39(3)29-40(4)33-50)48-26-22-45(23-27-48)42-16-10-6-11-17-42/h5-36H,1-4H3. The molecule has 0 bridgehead atoms. The van der Waals surface area contributed by atoms with Crippen LogP contribution in [-0.2, 0) is 0 Å². The van der Waals surface area contributed by atoms with Gasteiger partial charge in [0, 0.05) is 34.1 Å². The number of hydrogen-bond acceptors (Lipinski definition) is 2. The number of nitrogens with zero attached hydrogens (tertiary/aromatic N) is 2. The van der Waals surface area contributed by atoms with Crippen LogP contribution in [0.5, 0.6) is 0 Å². The van der Waals surface area contributed by atoms with Crippen LogP contribution in [-0.4, -0.2) is 0 Å². The Kier molecular flexibility index (Phi) is 9.66. The first-order valence-electron chi connectivity index (χ1n) is 18.7. The van der Waals surface area contributed by atoms with Crippen LogP contribution in [0.2, 0.25) is 0 Å². The van der Waals surface area contributed by atoms with Gasteiger partial charge in [0.15, 0.2) is 0 Å². The highest BCUT2D eigenvalue weighted by atomic mass is 15.2. The molecule has 0 amide bonds. The first-order valence-corrected chi connectivity index (χ1v) is 18.7. The molecule has 0 fully saturated rings. The van der Waals surface area contributed by atoms with Crippen molar-refractivity contribution in [2.45, 2.75) is 27.7 Å². The molecule has 8 aromatic carbocycles. The molecule has 0 aromatic heterocycles. The summed E-state index contributed by atoms with van der Waals surface area (Å²) in [6.07, 6.45) is 0. The minimum Gasteiger partial charge on any atom is -0.310 e. The molecule has 0 N–H and O–H groups in total. The van der Waals surface area contributed by atoms with Crippen LogP contribution in [0.3, 0.4) is 0 Å². The molecule has 8 aromatic rings. The zero-order valence-corrected chi connectivity index (χ0v) is 31.4. The summed E-state index contributed by atoms with van der Waals surface area (Å²) in [7, 11) is 0. The third kappa shape index (κ3) is 7.46. The van der Waals surface area contributed by atoms with E-state index in [0.717, 1.165) is 39.7 Å². The van der Waals surface area contributed by atoms with Gasteiger partial charge in [-0.25, -0.2) is 0 Å². The summed E-state index contributed by atoms with van der Waals surface area (Å²) in [5, 5.41) is 0. The molecule has 0 radical (unpaired) electrons. The molecule has 0 spiro atoms. The lowest BCUT2D eigenvalue weighted by Gasteiger charge is -2.31. The lowest BCUT2D eigenvalue weighted by Crippen LogP contribution is -2.14. The largest absolute Gasteiger partial charge is 0.310 e. The van der Waals surface area contributed by atoms with Gasteiger partial charge in [-0.2, -0.15) is 0 Å². The van der Waals surface area contributed by atoms with E-state index < -0.39 is 0 Å². The Labute approximate surface area is 320 Å². The molecule has 2 heteroatoms. The highest BCUT2D eigenvalue weighted by Gasteiger charge is 2.20. The Balaban J connectivity index is 1.35. The van der Waals surface area contributed by atoms with E-state index in [0.29, 0.717) is 0 Å². The van der Waals surface area contributed by atoms with Crippen molar-refractivity contribution >= 4 is 34.1 Å². The molecule has 0 saturated carbocycles. The Hall–Kier alpha value is -6.64. The van der Waals surface area contributed by atoms with Crippen LogP contribution in [0.15, 0.2) is 194 Å². The summed E-state index contributed by atoms with van der Waals surface area (Å²) < 4.78 is 0. The number of aryl methyl sites for hydroxylation is 4. The SMILES string of the molecule is Cc1cc(C)cc(N(c2ccc(-c3ccccc3)cc2)c2cc(-c3ccccc3)cc(N(c3ccc(-c4ccccc4)cc3)c3cc(C)cc(C)c3)c2)c1. The number of anilines is 6. The van der Waals surface area contributed by atoms with Crippen LogP contribution in [0.1, 0.15) is 22.3 Å². The Bertz CT molecular complexity index is 2310.